The van der Waals surface area contributed by atoms with Gasteiger partial charge in [-0.3, -0.25) is 0 Å². The lowest BCUT2D eigenvalue weighted by molar-refractivity contribution is 0.213. The monoisotopic (exact) mass is 379 g/mol. The van der Waals surface area contributed by atoms with Crippen LogP contribution in [0.2, 0.25) is 0 Å². The molecule has 26 heavy (non-hydrogen) atoms. The predicted molar refractivity (Wildman–Crippen MR) is 99.3 cm³/mol. The van der Waals surface area contributed by atoms with Crippen molar-refractivity contribution in [2.45, 2.75) is 12.8 Å². The van der Waals surface area contributed by atoms with Crippen molar-refractivity contribution in [3.8, 4) is 11.6 Å². The molecule has 2 aromatic carbocycles. The zero-order valence-corrected chi connectivity index (χ0v) is 14.9. The van der Waals surface area contributed by atoms with Crippen LogP contribution < -0.4 is 10.1 Å². The lowest BCUT2D eigenvalue weighted by Crippen LogP contribution is -2.33. The van der Waals surface area contributed by atoms with Gasteiger partial charge in [-0.25, -0.2) is 13.5 Å². The summed E-state index contributed by atoms with van der Waals surface area (Å²) in [4.78, 5) is 0. The molecule has 1 aliphatic rings. The Balaban J connectivity index is 0.00000196. The van der Waals surface area contributed by atoms with Gasteiger partial charge >= 0.3 is 0 Å². The molecule has 1 aliphatic heterocycles. The largest absolute Gasteiger partial charge is 0.476 e. The maximum Gasteiger partial charge on any atom is 0.241 e. The number of halogens is 3. The molecule has 0 unspecified atom stereocenters. The van der Waals surface area contributed by atoms with Crippen molar-refractivity contribution in [2.24, 2.45) is 5.92 Å². The topological polar surface area (TPSA) is 39.1 Å². The van der Waals surface area contributed by atoms with Gasteiger partial charge in [0, 0.05) is 12.5 Å². The van der Waals surface area contributed by atoms with Crippen LogP contribution in [0.3, 0.4) is 0 Å². The predicted octanol–water partition coefficient (Wildman–Crippen LogP) is 4.10. The fourth-order valence-corrected chi connectivity index (χ4v) is 3.24. The third kappa shape index (κ3) is 3.66. The highest BCUT2D eigenvalue weighted by molar-refractivity contribution is 5.86. The number of benzene rings is 2. The van der Waals surface area contributed by atoms with E-state index in [0.29, 0.717) is 35.0 Å². The van der Waals surface area contributed by atoms with Crippen LogP contribution in [0.15, 0.2) is 42.5 Å². The van der Waals surface area contributed by atoms with Crippen LogP contribution in [0.25, 0.3) is 16.6 Å². The minimum absolute atomic E-state index is 0. The summed E-state index contributed by atoms with van der Waals surface area (Å²) in [5.74, 6) is -0.0247. The molecular weight excluding hydrogens is 360 g/mol. The molecule has 0 saturated carbocycles. The van der Waals surface area contributed by atoms with Crippen LogP contribution in [0, 0.1) is 17.6 Å². The van der Waals surface area contributed by atoms with Crippen LogP contribution in [-0.2, 0) is 0 Å². The smallest absolute Gasteiger partial charge is 0.241 e. The number of nitrogens with zero attached hydrogens (tertiary/aromatic N) is 2. The van der Waals surface area contributed by atoms with Crippen molar-refractivity contribution < 1.29 is 13.5 Å². The number of hydrogen-bond acceptors (Lipinski definition) is 3. The van der Waals surface area contributed by atoms with Crippen LogP contribution in [-0.4, -0.2) is 29.5 Å². The number of hydrogen-bond donors (Lipinski definition) is 1. The average molecular weight is 380 g/mol. The van der Waals surface area contributed by atoms with E-state index in [1.165, 1.54) is 22.9 Å². The van der Waals surface area contributed by atoms with Crippen LogP contribution in [0.5, 0.6) is 5.88 Å². The maximum absolute atomic E-state index is 14.2. The first-order chi connectivity index (χ1) is 12.2. The van der Waals surface area contributed by atoms with Gasteiger partial charge in [0.25, 0.3) is 0 Å². The highest BCUT2D eigenvalue weighted by Gasteiger charge is 2.19. The van der Waals surface area contributed by atoms with E-state index in [1.807, 2.05) is 0 Å². The van der Waals surface area contributed by atoms with Gasteiger partial charge in [0.05, 0.1) is 17.5 Å². The van der Waals surface area contributed by atoms with E-state index in [4.69, 9.17) is 4.74 Å². The van der Waals surface area contributed by atoms with E-state index in [-0.39, 0.29) is 24.0 Å². The number of aromatic nitrogens is 2. The van der Waals surface area contributed by atoms with Gasteiger partial charge in [-0.2, -0.15) is 0 Å². The maximum atomic E-state index is 14.2. The third-order valence-electron chi connectivity index (χ3n) is 4.54. The molecule has 1 atom stereocenters. The molecule has 1 fully saturated rings. The van der Waals surface area contributed by atoms with Crippen LogP contribution >= 0.6 is 12.4 Å². The summed E-state index contributed by atoms with van der Waals surface area (Å²) >= 11 is 0. The normalized spacial score (nSPS) is 17.1. The number of ether oxygens (including phenoxy) is 1. The highest BCUT2D eigenvalue weighted by Crippen LogP contribution is 2.29. The number of para-hydroxylation sites is 1. The van der Waals surface area contributed by atoms with Crippen molar-refractivity contribution in [1.82, 2.24) is 15.1 Å². The molecule has 0 bridgehead atoms. The average Bonchev–Trinajstić information content (AvgIpc) is 2.99. The SMILES string of the molecule is Cl.Fc1ccc2c(c1)c(OC[C@H]1CCCNC1)nn2-c1ccccc1F. The van der Waals surface area contributed by atoms with E-state index in [1.54, 1.807) is 24.3 Å². The molecule has 7 heteroatoms. The summed E-state index contributed by atoms with van der Waals surface area (Å²) in [6, 6.07) is 10.7. The van der Waals surface area contributed by atoms with Crippen molar-refractivity contribution in [3.63, 3.8) is 0 Å². The Morgan fingerprint density at radius 3 is 2.81 bits per heavy atom. The van der Waals surface area contributed by atoms with Gasteiger partial charge in [-0.15, -0.1) is 17.5 Å². The number of rotatable bonds is 4. The minimum atomic E-state index is -0.390. The fraction of sp³-hybridized carbons (Fsp3) is 0.316. The fourth-order valence-electron chi connectivity index (χ4n) is 3.24. The summed E-state index contributed by atoms with van der Waals surface area (Å²) in [5.41, 5.74) is 0.927. The number of fused-ring (bicyclic) bond motifs is 1. The second-order valence-corrected chi connectivity index (χ2v) is 6.35. The molecule has 2 heterocycles. The molecule has 1 saturated heterocycles. The zero-order chi connectivity index (χ0) is 17.2. The first-order valence-corrected chi connectivity index (χ1v) is 8.49. The molecule has 4 nitrogen and oxygen atoms in total. The molecule has 3 aromatic rings. The van der Waals surface area contributed by atoms with E-state index < -0.39 is 0 Å². The Hall–Kier alpha value is -2.18. The third-order valence-corrected chi connectivity index (χ3v) is 4.54. The first kappa shape index (κ1) is 18.6. The van der Waals surface area contributed by atoms with Gasteiger partial charge in [-0.1, -0.05) is 12.1 Å². The minimum Gasteiger partial charge on any atom is -0.476 e. The van der Waals surface area contributed by atoms with Crippen molar-refractivity contribution in [3.05, 3.63) is 54.1 Å². The Bertz CT molecular complexity index is 894. The Morgan fingerprint density at radius 2 is 2.04 bits per heavy atom. The lowest BCUT2D eigenvalue weighted by atomic mass is 10.0. The molecule has 4 rings (SSSR count). The van der Waals surface area contributed by atoms with Crippen LogP contribution in [0.1, 0.15) is 12.8 Å². The molecule has 0 radical (unpaired) electrons. The summed E-state index contributed by atoms with van der Waals surface area (Å²) in [6.45, 7) is 2.44. The Kier molecular flexibility index (Phi) is 5.74. The molecular formula is C19H20ClF2N3O. The highest BCUT2D eigenvalue weighted by atomic mass is 35.5. The molecule has 1 N–H and O–H groups in total. The van der Waals surface area contributed by atoms with E-state index in [2.05, 4.69) is 10.4 Å². The molecule has 138 valence electrons. The molecule has 0 aliphatic carbocycles. The zero-order valence-electron chi connectivity index (χ0n) is 14.1. The van der Waals surface area contributed by atoms with Gasteiger partial charge in [0.2, 0.25) is 5.88 Å². The van der Waals surface area contributed by atoms with Gasteiger partial charge in [0.1, 0.15) is 17.3 Å². The summed E-state index contributed by atoms with van der Waals surface area (Å²) in [6.07, 6.45) is 2.21. The Labute approximate surface area is 156 Å². The van der Waals surface area contributed by atoms with Crippen molar-refractivity contribution >= 4 is 23.3 Å². The van der Waals surface area contributed by atoms with E-state index in [0.717, 1.165) is 25.9 Å². The summed E-state index contributed by atoms with van der Waals surface area (Å²) < 4.78 is 35.3. The summed E-state index contributed by atoms with van der Waals surface area (Å²) in [5, 5.41) is 8.30. The molecule has 0 amide bonds. The standard InChI is InChI=1S/C19H19F2N3O.ClH/c20-14-7-8-17-15(10-14)19(25-12-13-4-3-9-22-11-13)23-24(17)18-6-2-1-5-16(18)21;/h1-2,5-8,10,13,22H,3-4,9,11-12H2;1H/t13-;/m0./s1. The van der Waals surface area contributed by atoms with Crippen molar-refractivity contribution in [2.75, 3.05) is 19.7 Å². The summed E-state index contributed by atoms with van der Waals surface area (Å²) in [7, 11) is 0. The molecule has 0 spiro atoms. The second kappa shape index (κ2) is 8.01. The Morgan fingerprint density at radius 1 is 1.19 bits per heavy atom. The van der Waals surface area contributed by atoms with E-state index >= 15 is 0 Å². The number of piperidine rings is 1. The van der Waals surface area contributed by atoms with Gasteiger partial charge < -0.3 is 10.1 Å². The van der Waals surface area contributed by atoms with E-state index in [9.17, 15) is 8.78 Å². The quantitative estimate of drug-likeness (QED) is 0.741. The van der Waals surface area contributed by atoms with Gasteiger partial charge in [-0.05, 0) is 49.7 Å². The number of nitrogens with one attached hydrogen (secondary N) is 1. The van der Waals surface area contributed by atoms with Crippen molar-refractivity contribution in [1.29, 1.82) is 0 Å². The van der Waals surface area contributed by atoms with Crippen LogP contribution in [0.4, 0.5) is 8.78 Å². The molecule has 1 aromatic heterocycles. The first-order valence-electron chi connectivity index (χ1n) is 8.49. The van der Waals surface area contributed by atoms with Gasteiger partial charge in [0.15, 0.2) is 0 Å². The lowest BCUT2D eigenvalue weighted by Gasteiger charge is -2.22. The second-order valence-electron chi connectivity index (χ2n) is 6.35.